The average molecular weight is 493 g/mol. The summed E-state index contributed by atoms with van der Waals surface area (Å²) in [5.41, 5.74) is 4.02. The number of benzene rings is 2. The summed E-state index contributed by atoms with van der Waals surface area (Å²) in [5.74, 6) is 0.418. The molecule has 3 aromatic rings. The number of carbonyl (C=O) groups excluding carboxylic acids is 1. The smallest absolute Gasteiger partial charge is 0.251 e. The van der Waals surface area contributed by atoms with Crippen LogP contribution >= 0.6 is 11.3 Å². The second-order valence-corrected chi connectivity index (χ2v) is 10.9. The van der Waals surface area contributed by atoms with Crippen molar-refractivity contribution >= 4 is 22.4 Å². The van der Waals surface area contributed by atoms with E-state index in [-0.39, 0.29) is 5.91 Å². The fourth-order valence-electron chi connectivity index (χ4n) is 4.12. The van der Waals surface area contributed by atoms with Gasteiger partial charge in [0.15, 0.2) is 5.13 Å². The van der Waals surface area contributed by atoms with E-state index in [2.05, 4.69) is 86.3 Å². The summed E-state index contributed by atoms with van der Waals surface area (Å²) in [4.78, 5) is 22.3. The maximum atomic E-state index is 12.4. The Morgan fingerprint density at radius 3 is 2.17 bits per heavy atom. The molecule has 0 unspecified atom stereocenters. The minimum atomic E-state index is -0.0148. The molecule has 1 heterocycles. The van der Waals surface area contributed by atoms with Gasteiger partial charge in [0, 0.05) is 54.8 Å². The van der Waals surface area contributed by atoms with Crippen molar-refractivity contribution < 1.29 is 4.79 Å². The minimum absolute atomic E-state index is 0.0148. The molecule has 1 amide bonds. The summed E-state index contributed by atoms with van der Waals surface area (Å²) in [6.45, 7) is 16.5. The minimum Gasteiger partial charge on any atom is -0.352 e. The van der Waals surface area contributed by atoms with E-state index in [1.165, 1.54) is 5.56 Å². The highest BCUT2D eigenvalue weighted by atomic mass is 32.1. The molecule has 188 valence electrons. The van der Waals surface area contributed by atoms with Gasteiger partial charge in [0.05, 0.1) is 5.69 Å². The van der Waals surface area contributed by atoms with E-state index >= 15 is 0 Å². The molecule has 3 rings (SSSR count). The molecule has 0 saturated heterocycles. The van der Waals surface area contributed by atoms with Gasteiger partial charge in [0.25, 0.3) is 5.91 Å². The Morgan fingerprint density at radius 2 is 1.57 bits per heavy atom. The Morgan fingerprint density at radius 1 is 0.914 bits per heavy atom. The third-order valence-electron chi connectivity index (χ3n) is 6.05. The quantitative estimate of drug-likeness (QED) is 0.321. The number of anilines is 1. The predicted molar refractivity (Wildman–Crippen MR) is 149 cm³/mol. The maximum absolute atomic E-state index is 12.4. The number of nitrogens with one attached hydrogen (secondary N) is 1. The van der Waals surface area contributed by atoms with Gasteiger partial charge in [-0.15, -0.1) is 11.3 Å². The fraction of sp³-hybridized carbons (Fsp3) is 0.448. The second-order valence-electron chi connectivity index (χ2n) is 10.0. The molecule has 2 aromatic carbocycles. The summed E-state index contributed by atoms with van der Waals surface area (Å²) in [7, 11) is 0. The van der Waals surface area contributed by atoms with E-state index in [1.807, 2.05) is 30.3 Å². The topological polar surface area (TPSA) is 48.5 Å². The molecule has 0 radical (unpaired) electrons. The highest BCUT2D eigenvalue weighted by Crippen LogP contribution is 2.28. The SMILES string of the molecule is CC(C)CNC(=O)c1ccc(CN(CCN(C(C)C)C(C)C)c2nc(-c3ccccc3)cs2)cc1. The van der Waals surface area contributed by atoms with Crippen LogP contribution in [-0.2, 0) is 6.54 Å². The molecule has 0 fully saturated rings. The number of hydrogen-bond donors (Lipinski definition) is 1. The standard InChI is InChI=1S/C29H40N4OS/c1-21(2)18-30-28(34)26-14-12-24(13-15-26)19-32(16-17-33(22(3)4)23(5)6)29-31-27(20-35-29)25-10-8-7-9-11-25/h7-15,20-23H,16-19H2,1-6H3,(H,30,34). The largest absolute Gasteiger partial charge is 0.352 e. The van der Waals surface area contributed by atoms with Crippen LogP contribution in [-0.4, -0.2) is 47.5 Å². The molecule has 0 atom stereocenters. The lowest BCUT2D eigenvalue weighted by atomic mass is 10.1. The summed E-state index contributed by atoms with van der Waals surface area (Å²) in [6, 6.07) is 19.3. The molecule has 1 N–H and O–H groups in total. The van der Waals surface area contributed by atoms with Gasteiger partial charge in [0.1, 0.15) is 0 Å². The van der Waals surface area contributed by atoms with E-state index in [9.17, 15) is 4.79 Å². The van der Waals surface area contributed by atoms with E-state index in [1.54, 1.807) is 11.3 Å². The lowest BCUT2D eigenvalue weighted by Crippen LogP contribution is -2.42. The Labute approximate surface area is 215 Å². The van der Waals surface area contributed by atoms with E-state index < -0.39 is 0 Å². The van der Waals surface area contributed by atoms with Crippen molar-refractivity contribution in [2.24, 2.45) is 5.92 Å². The van der Waals surface area contributed by atoms with Gasteiger partial charge in [-0.25, -0.2) is 4.98 Å². The van der Waals surface area contributed by atoms with Crippen LogP contribution in [0, 0.1) is 5.92 Å². The van der Waals surface area contributed by atoms with Gasteiger partial charge >= 0.3 is 0 Å². The number of hydrogen-bond acceptors (Lipinski definition) is 5. The molecule has 0 saturated carbocycles. The number of carbonyl (C=O) groups is 1. The third kappa shape index (κ3) is 7.91. The Hall–Kier alpha value is -2.70. The molecule has 1 aromatic heterocycles. The van der Waals surface area contributed by atoms with Crippen molar-refractivity contribution in [2.75, 3.05) is 24.5 Å². The van der Waals surface area contributed by atoms with Gasteiger partial charge in [-0.05, 0) is 51.3 Å². The Balaban J connectivity index is 1.78. The summed E-state index contributed by atoms with van der Waals surface area (Å²) in [5, 5.41) is 6.16. The van der Waals surface area contributed by atoms with Crippen molar-refractivity contribution in [1.29, 1.82) is 0 Å². The van der Waals surface area contributed by atoms with E-state index in [4.69, 9.17) is 4.98 Å². The number of thiazole rings is 1. The van der Waals surface area contributed by atoms with Crippen LogP contribution in [0.15, 0.2) is 60.0 Å². The van der Waals surface area contributed by atoms with Crippen molar-refractivity contribution in [1.82, 2.24) is 15.2 Å². The first-order valence-electron chi connectivity index (χ1n) is 12.6. The average Bonchev–Trinajstić information content (AvgIpc) is 3.33. The van der Waals surface area contributed by atoms with Crippen LogP contribution < -0.4 is 10.2 Å². The van der Waals surface area contributed by atoms with Gasteiger partial charge in [-0.2, -0.15) is 0 Å². The van der Waals surface area contributed by atoms with E-state index in [0.717, 1.165) is 36.0 Å². The fourth-order valence-corrected chi connectivity index (χ4v) is 4.98. The highest BCUT2D eigenvalue weighted by Gasteiger charge is 2.18. The third-order valence-corrected chi connectivity index (χ3v) is 6.95. The van der Waals surface area contributed by atoms with Crippen LogP contribution in [0.5, 0.6) is 0 Å². The first-order valence-corrected chi connectivity index (χ1v) is 13.5. The van der Waals surface area contributed by atoms with Crippen LogP contribution in [0.25, 0.3) is 11.3 Å². The lowest BCUT2D eigenvalue weighted by Gasteiger charge is -2.33. The van der Waals surface area contributed by atoms with Gasteiger partial charge < -0.3 is 10.2 Å². The number of nitrogens with zero attached hydrogens (tertiary/aromatic N) is 3. The molecule has 0 aliphatic rings. The molecular formula is C29H40N4OS. The van der Waals surface area contributed by atoms with Crippen molar-refractivity contribution in [3.05, 3.63) is 71.1 Å². The van der Waals surface area contributed by atoms with Crippen molar-refractivity contribution in [3.8, 4) is 11.3 Å². The first-order chi connectivity index (χ1) is 16.7. The zero-order chi connectivity index (χ0) is 25.4. The second kappa shape index (κ2) is 12.8. The molecule has 0 aliphatic heterocycles. The molecule has 0 spiro atoms. The molecule has 6 heteroatoms. The predicted octanol–water partition coefficient (Wildman–Crippen LogP) is 6.32. The number of rotatable bonds is 12. The molecule has 35 heavy (non-hydrogen) atoms. The van der Waals surface area contributed by atoms with Gasteiger partial charge in [-0.1, -0.05) is 56.3 Å². The molecular weight excluding hydrogens is 452 g/mol. The molecule has 0 aliphatic carbocycles. The monoisotopic (exact) mass is 492 g/mol. The molecule has 0 bridgehead atoms. The van der Waals surface area contributed by atoms with E-state index in [0.29, 0.717) is 30.1 Å². The zero-order valence-electron chi connectivity index (χ0n) is 22.0. The van der Waals surface area contributed by atoms with Crippen LogP contribution in [0.2, 0.25) is 0 Å². The van der Waals surface area contributed by atoms with Gasteiger partial charge in [0.2, 0.25) is 0 Å². The number of aromatic nitrogens is 1. The maximum Gasteiger partial charge on any atom is 0.251 e. The molecule has 5 nitrogen and oxygen atoms in total. The Bertz CT molecular complexity index is 1040. The van der Waals surface area contributed by atoms with Crippen LogP contribution in [0.1, 0.15) is 57.5 Å². The van der Waals surface area contributed by atoms with Crippen molar-refractivity contribution in [3.63, 3.8) is 0 Å². The lowest BCUT2D eigenvalue weighted by molar-refractivity contribution is 0.0949. The number of amides is 1. The van der Waals surface area contributed by atoms with Crippen LogP contribution in [0.3, 0.4) is 0 Å². The first kappa shape index (κ1) is 26.9. The summed E-state index contributed by atoms with van der Waals surface area (Å²) in [6.07, 6.45) is 0. The Kier molecular flexibility index (Phi) is 9.87. The normalized spacial score (nSPS) is 11.6. The summed E-state index contributed by atoms with van der Waals surface area (Å²) >= 11 is 1.69. The zero-order valence-corrected chi connectivity index (χ0v) is 22.8. The van der Waals surface area contributed by atoms with Crippen LogP contribution in [0.4, 0.5) is 5.13 Å². The summed E-state index contributed by atoms with van der Waals surface area (Å²) < 4.78 is 0. The van der Waals surface area contributed by atoms with Gasteiger partial charge in [-0.3, -0.25) is 9.69 Å². The highest BCUT2D eigenvalue weighted by molar-refractivity contribution is 7.14. The van der Waals surface area contributed by atoms with Crippen molar-refractivity contribution in [2.45, 2.75) is 60.2 Å².